The zero-order valence-electron chi connectivity index (χ0n) is 21.1. The number of carbonyl (C=O) groups is 3. The number of rotatable bonds is 15. The fourth-order valence-electron chi connectivity index (χ4n) is 3.60. The highest BCUT2D eigenvalue weighted by molar-refractivity contribution is 5.89. The van der Waals surface area contributed by atoms with Gasteiger partial charge < -0.3 is 14.4 Å². The number of carbonyl (C=O) groups excluding carboxylic acids is 3. The molecule has 0 heterocycles. The van der Waals surface area contributed by atoms with Gasteiger partial charge in [-0.2, -0.15) is 0 Å². The van der Waals surface area contributed by atoms with Crippen LogP contribution in [0, 0.1) is 11.8 Å². The van der Waals surface area contributed by atoms with Gasteiger partial charge in [0.15, 0.2) is 0 Å². The van der Waals surface area contributed by atoms with E-state index >= 15 is 0 Å². The van der Waals surface area contributed by atoms with E-state index in [1.165, 1.54) is 22.6 Å². The van der Waals surface area contributed by atoms with E-state index in [1.54, 1.807) is 14.1 Å². The summed E-state index contributed by atoms with van der Waals surface area (Å²) in [7, 11) is 3.19. The van der Waals surface area contributed by atoms with Gasteiger partial charge in [-0.1, -0.05) is 73.6 Å². The molecule has 2 unspecified atom stereocenters. The first kappa shape index (κ1) is 29.2. The molecule has 7 nitrogen and oxygen atoms in total. The average molecular weight is 443 g/mol. The van der Waals surface area contributed by atoms with Gasteiger partial charge in [-0.3, -0.25) is 9.69 Å². The molecule has 0 spiro atoms. The molecule has 2 atom stereocenters. The average Bonchev–Trinajstić information content (AvgIpc) is 2.70. The number of ether oxygens (including phenoxy) is 2. The normalized spacial score (nSPS) is 13.1. The maximum absolute atomic E-state index is 13.3. The fourth-order valence-corrected chi connectivity index (χ4v) is 3.60. The van der Waals surface area contributed by atoms with E-state index in [0.717, 1.165) is 32.1 Å². The van der Waals surface area contributed by atoms with Crippen LogP contribution in [-0.2, 0) is 19.1 Å². The molecule has 0 saturated carbocycles. The van der Waals surface area contributed by atoms with Crippen LogP contribution in [0.3, 0.4) is 0 Å². The first-order chi connectivity index (χ1) is 14.6. The van der Waals surface area contributed by atoms with Crippen LogP contribution >= 0.6 is 0 Å². The molecule has 0 aliphatic rings. The Hall–Kier alpha value is -1.79. The lowest BCUT2D eigenvalue weighted by molar-refractivity contribution is -0.158. The standard InChI is InChI=1S/C24H46N2O5/c1-9-11-13-14-15-17-30-23(28)21(19(5)6)25(7)22(27)20(18(3)4)26(8)24(29)31-16-12-10-2/h18-21H,9-17H2,1-8H3. The third-order valence-corrected chi connectivity index (χ3v) is 5.44. The molecule has 2 amide bonds. The summed E-state index contributed by atoms with van der Waals surface area (Å²) in [5, 5.41) is 0. The second kappa shape index (κ2) is 15.9. The van der Waals surface area contributed by atoms with Crippen molar-refractivity contribution in [3.63, 3.8) is 0 Å². The number of esters is 1. The first-order valence-corrected chi connectivity index (χ1v) is 11.9. The van der Waals surface area contributed by atoms with Gasteiger partial charge in [0.05, 0.1) is 13.2 Å². The van der Waals surface area contributed by atoms with Gasteiger partial charge in [0, 0.05) is 14.1 Å². The third kappa shape index (κ3) is 10.4. The van der Waals surface area contributed by atoms with Crippen LogP contribution in [-0.4, -0.2) is 67.2 Å². The molecule has 0 fully saturated rings. The molecule has 0 aliphatic carbocycles. The van der Waals surface area contributed by atoms with Crippen LogP contribution in [0.25, 0.3) is 0 Å². The maximum Gasteiger partial charge on any atom is 0.410 e. The van der Waals surface area contributed by atoms with Gasteiger partial charge in [-0.25, -0.2) is 9.59 Å². The lowest BCUT2D eigenvalue weighted by atomic mass is 9.98. The predicted octanol–water partition coefficient (Wildman–Crippen LogP) is 4.88. The second-order valence-corrected chi connectivity index (χ2v) is 8.99. The summed E-state index contributed by atoms with van der Waals surface area (Å²) < 4.78 is 10.8. The molecule has 31 heavy (non-hydrogen) atoms. The van der Waals surface area contributed by atoms with Crippen LogP contribution in [0.2, 0.25) is 0 Å². The van der Waals surface area contributed by atoms with Crippen molar-refractivity contribution < 1.29 is 23.9 Å². The van der Waals surface area contributed by atoms with Crippen LogP contribution < -0.4 is 0 Å². The van der Waals surface area contributed by atoms with Crippen LogP contribution in [0.15, 0.2) is 0 Å². The summed E-state index contributed by atoms with van der Waals surface area (Å²) in [5.74, 6) is -0.933. The van der Waals surface area contributed by atoms with Gasteiger partial charge in [-0.15, -0.1) is 0 Å². The van der Waals surface area contributed by atoms with Crippen LogP contribution in [0.1, 0.15) is 86.5 Å². The lowest BCUT2D eigenvalue weighted by Crippen LogP contribution is -2.56. The van der Waals surface area contributed by atoms with E-state index in [0.29, 0.717) is 13.2 Å². The smallest absolute Gasteiger partial charge is 0.410 e. The summed E-state index contributed by atoms with van der Waals surface area (Å²) in [4.78, 5) is 41.3. The molecule has 0 aliphatic heterocycles. The predicted molar refractivity (Wildman–Crippen MR) is 124 cm³/mol. The Morgan fingerprint density at radius 1 is 0.677 bits per heavy atom. The molecule has 0 radical (unpaired) electrons. The highest BCUT2D eigenvalue weighted by atomic mass is 16.6. The summed E-state index contributed by atoms with van der Waals surface area (Å²) in [6, 6.07) is -1.42. The number of hydrogen-bond donors (Lipinski definition) is 0. The Kier molecular flexibility index (Phi) is 15.0. The Morgan fingerprint density at radius 2 is 1.19 bits per heavy atom. The second-order valence-electron chi connectivity index (χ2n) is 8.99. The summed E-state index contributed by atoms with van der Waals surface area (Å²) in [5.41, 5.74) is 0. The third-order valence-electron chi connectivity index (χ3n) is 5.44. The van der Waals surface area contributed by atoms with Gasteiger partial charge in [0.2, 0.25) is 5.91 Å². The van der Waals surface area contributed by atoms with E-state index in [1.807, 2.05) is 34.6 Å². The Bertz CT molecular complexity index is 536. The molecule has 0 N–H and O–H groups in total. The van der Waals surface area contributed by atoms with Crippen molar-refractivity contribution in [1.29, 1.82) is 0 Å². The molecule has 0 aromatic carbocycles. The monoisotopic (exact) mass is 442 g/mol. The minimum atomic E-state index is -0.720. The molecular weight excluding hydrogens is 396 g/mol. The molecule has 0 aromatic rings. The zero-order valence-corrected chi connectivity index (χ0v) is 21.1. The fraction of sp³-hybridized carbons (Fsp3) is 0.875. The Morgan fingerprint density at radius 3 is 1.71 bits per heavy atom. The van der Waals surface area contributed by atoms with E-state index in [9.17, 15) is 14.4 Å². The minimum absolute atomic E-state index is 0.115. The van der Waals surface area contributed by atoms with Crippen molar-refractivity contribution in [3.05, 3.63) is 0 Å². The quantitative estimate of drug-likeness (QED) is 0.267. The highest BCUT2D eigenvalue weighted by Crippen LogP contribution is 2.19. The van der Waals surface area contributed by atoms with Gasteiger partial charge in [0.25, 0.3) is 0 Å². The molecule has 0 aromatic heterocycles. The van der Waals surface area contributed by atoms with Crippen molar-refractivity contribution in [3.8, 4) is 0 Å². The first-order valence-electron chi connectivity index (χ1n) is 11.9. The van der Waals surface area contributed by atoms with Crippen molar-refractivity contribution in [2.24, 2.45) is 11.8 Å². The minimum Gasteiger partial charge on any atom is -0.464 e. The lowest BCUT2D eigenvalue weighted by Gasteiger charge is -2.36. The molecule has 0 saturated heterocycles. The largest absolute Gasteiger partial charge is 0.464 e. The Labute approximate surface area is 189 Å². The zero-order chi connectivity index (χ0) is 24.0. The summed E-state index contributed by atoms with van der Waals surface area (Å²) in [6.45, 7) is 12.4. The number of likely N-dealkylation sites (N-methyl/N-ethyl adjacent to an activating group) is 2. The number of nitrogens with zero attached hydrogens (tertiary/aromatic N) is 2. The van der Waals surface area contributed by atoms with E-state index in [2.05, 4.69) is 6.92 Å². The van der Waals surface area contributed by atoms with Crippen molar-refractivity contribution in [2.75, 3.05) is 27.3 Å². The highest BCUT2D eigenvalue weighted by Gasteiger charge is 2.38. The molecule has 182 valence electrons. The van der Waals surface area contributed by atoms with Crippen LogP contribution in [0.5, 0.6) is 0 Å². The molecular formula is C24H46N2O5. The topological polar surface area (TPSA) is 76.2 Å². The molecule has 7 heteroatoms. The summed E-state index contributed by atoms with van der Waals surface area (Å²) >= 11 is 0. The van der Waals surface area contributed by atoms with Crippen molar-refractivity contribution >= 4 is 18.0 Å². The Balaban J connectivity index is 5.14. The van der Waals surface area contributed by atoms with Gasteiger partial charge in [-0.05, 0) is 24.7 Å². The van der Waals surface area contributed by atoms with Gasteiger partial charge >= 0.3 is 12.1 Å². The number of hydrogen-bond acceptors (Lipinski definition) is 5. The van der Waals surface area contributed by atoms with E-state index in [-0.39, 0.29) is 17.7 Å². The van der Waals surface area contributed by atoms with E-state index in [4.69, 9.17) is 9.47 Å². The SMILES string of the molecule is CCCCCCCOC(=O)C(C(C)C)N(C)C(=O)C(C(C)C)N(C)C(=O)OCCCC. The van der Waals surface area contributed by atoms with Crippen LogP contribution in [0.4, 0.5) is 4.79 Å². The number of unbranched alkanes of at least 4 members (excludes halogenated alkanes) is 5. The summed E-state index contributed by atoms with van der Waals surface area (Å²) in [6.07, 6.45) is 6.52. The maximum atomic E-state index is 13.3. The molecule has 0 bridgehead atoms. The van der Waals surface area contributed by atoms with Crippen molar-refractivity contribution in [2.45, 2.75) is 98.6 Å². The van der Waals surface area contributed by atoms with Crippen molar-refractivity contribution in [1.82, 2.24) is 9.80 Å². The number of amides is 2. The molecule has 0 rings (SSSR count). The van der Waals surface area contributed by atoms with E-state index < -0.39 is 24.1 Å². The van der Waals surface area contributed by atoms with Gasteiger partial charge in [0.1, 0.15) is 12.1 Å².